The molecule has 1 saturated carbocycles. The lowest BCUT2D eigenvalue weighted by Gasteiger charge is -2.29. The molecule has 0 atom stereocenters. The Kier molecular flexibility index (Phi) is 5.30. The maximum Gasteiger partial charge on any atom is 0.301 e. The number of halogens is 2. The zero-order valence-electron chi connectivity index (χ0n) is 18.8. The summed E-state index contributed by atoms with van der Waals surface area (Å²) in [5.74, 6) is -2.13. The second-order valence-corrected chi connectivity index (χ2v) is 10.6. The number of benzene rings is 1. The summed E-state index contributed by atoms with van der Waals surface area (Å²) in [6.45, 7) is 0.617. The molecule has 6 rings (SSSR count). The van der Waals surface area contributed by atoms with Crippen LogP contribution in [-0.4, -0.2) is 51.5 Å². The highest BCUT2D eigenvalue weighted by molar-refractivity contribution is 7.90. The minimum absolute atomic E-state index is 0.00424. The van der Waals surface area contributed by atoms with Crippen molar-refractivity contribution in [2.75, 3.05) is 17.8 Å². The van der Waals surface area contributed by atoms with Crippen LogP contribution in [-0.2, 0) is 10.2 Å². The number of hydrogen-bond acceptors (Lipinski definition) is 6. The van der Waals surface area contributed by atoms with E-state index in [1.165, 1.54) is 6.20 Å². The van der Waals surface area contributed by atoms with Gasteiger partial charge in [0.15, 0.2) is 5.82 Å². The minimum Gasteiger partial charge on any atom is -0.345 e. The van der Waals surface area contributed by atoms with E-state index in [2.05, 4.69) is 24.7 Å². The van der Waals surface area contributed by atoms with Crippen LogP contribution in [0.15, 0.2) is 43.0 Å². The predicted molar refractivity (Wildman–Crippen MR) is 128 cm³/mol. The molecule has 4 aromatic rings. The van der Waals surface area contributed by atoms with E-state index in [0.29, 0.717) is 47.6 Å². The number of carbonyl (C=O) groups excluding carboxylic acids is 1. The summed E-state index contributed by atoms with van der Waals surface area (Å²) in [4.78, 5) is 29.3. The number of rotatable bonds is 7. The number of hydrogen-bond donors (Lipinski definition) is 2. The van der Waals surface area contributed by atoms with E-state index in [0.717, 1.165) is 35.1 Å². The van der Waals surface area contributed by atoms with Gasteiger partial charge in [0.1, 0.15) is 17.3 Å². The van der Waals surface area contributed by atoms with Crippen LogP contribution in [0.3, 0.4) is 0 Å². The summed E-state index contributed by atoms with van der Waals surface area (Å²) < 4.78 is 58.0. The molecule has 2 fully saturated rings. The van der Waals surface area contributed by atoms with Gasteiger partial charge in [0, 0.05) is 65.9 Å². The van der Waals surface area contributed by atoms with Gasteiger partial charge in [-0.1, -0.05) is 0 Å². The van der Waals surface area contributed by atoms with Crippen LogP contribution in [0.5, 0.6) is 0 Å². The van der Waals surface area contributed by atoms with Crippen LogP contribution in [0.2, 0.25) is 0 Å². The normalized spacial score (nSPS) is 16.2. The lowest BCUT2D eigenvalue weighted by molar-refractivity contribution is 0.103. The number of aromatic nitrogens is 4. The molecule has 1 aliphatic carbocycles. The van der Waals surface area contributed by atoms with Crippen LogP contribution < -0.4 is 4.72 Å². The highest BCUT2D eigenvalue weighted by atomic mass is 32.2. The van der Waals surface area contributed by atoms with E-state index in [9.17, 15) is 17.6 Å². The summed E-state index contributed by atoms with van der Waals surface area (Å²) in [6.07, 6.45) is 9.14. The van der Waals surface area contributed by atoms with Gasteiger partial charge < -0.3 is 4.98 Å². The topological polar surface area (TPSA) is 121 Å². The van der Waals surface area contributed by atoms with E-state index in [4.69, 9.17) is 0 Å². The first-order valence-electron chi connectivity index (χ1n) is 11.4. The molecule has 9 nitrogen and oxygen atoms in total. The van der Waals surface area contributed by atoms with Crippen molar-refractivity contribution in [3.8, 4) is 11.1 Å². The molecule has 0 bridgehead atoms. The van der Waals surface area contributed by atoms with Gasteiger partial charge in [-0.2, -0.15) is 12.7 Å². The number of carbonyl (C=O) groups is 1. The minimum atomic E-state index is -4.00. The summed E-state index contributed by atoms with van der Waals surface area (Å²) in [7, 11) is -4.00. The average molecular weight is 511 g/mol. The summed E-state index contributed by atoms with van der Waals surface area (Å²) >= 11 is 0. The standard InChI is InChI=1S/C24H20F2N6O3S/c25-18-4-5-19(31-36(34,35)32-6-1-7-32)21(26)20(18)22(33)17-12-30-24-16(17)8-14(9-29-24)15-10-27-23(28-11-15)13-2-3-13/h4-5,8-13,31H,1-3,6-7H2,(H,29,30). The highest BCUT2D eigenvalue weighted by Gasteiger charge is 2.31. The second-order valence-electron chi connectivity index (χ2n) is 8.90. The zero-order chi connectivity index (χ0) is 25.0. The number of anilines is 1. The lowest BCUT2D eigenvalue weighted by atomic mass is 10.0. The monoisotopic (exact) mass is 510 g/mol. The average Bonchev–Trinajstić information content (AvgIpc) is 3.58. The van der Waals surface area contributed by atoms with E-state index < -0.39 is 38.9 Å². The van der Waals surface area contributed by atoms with Crippen molar-refractivity contribution in [3.63, 3.8) is 0 Å². The maximum atomic E-state index is 15.3. The van der Waals surface area contributed by atoms with Crippen molar-refractivity contribution in [1.29, 1.82) is 0 Å². The van der Waals surface area contributed by atoms with Crippen LogP contribution in [0.25, 0.3) is 22.2 Å². The summed E-state index contributed by atoms with van der Waals surface area (Å²) in [5.41, 5.74) is 0.313. The molecule has 0 radical (unpaired) electrons. The van der Waals surface area contributed by atoms with Gasteiger partial charge in [-0.25, -0.2) is 23.7 Å². The highest BCUT2D eigenvalue weighted by Crippen LogP contribution is 2.38. The second kappa shape index (κ2) is 8.42. The van der Waals surface area contributed by atoms with Crippen molar-refractivity contribution in [1.82, 2.24) is 24.2 Å². The smallest absolute Gasteiger partial charge is 0.301 e. The number of ketones is 1. The molecular weight excluding hydrogens is 490 g/mol. The molecular formula is C24H20F2N6O3S. The van der Waals surface area contributed by atoms with E-state index in [1.807, 2.05) is 0 Å². The Hall–Kier alpha value is -3.77. The van der Waals surface area contributed by atoms with Crippen molar-refractivity contribution < 1.29 is 22.0 Å². The zero-order valence-corrected chi connectivity index (χ0v) is 19.6. The molecule has 1 aliphatic heterocycles. The van der Waals surface area contributed by atoms with Crippen LogP contribution in [0.1, 0.15) is 46.9 Å². The molecule has 0 unspecified atom stereocenters. The Morgan fingerprint density at radius 1 is 1.06 bits per heavy atom. The number of nitrogens with one attached hydrogen (secondary N) is 2. The molecule has 184 valence electrons. The fraction of sp³-hybridized carbons (Fsp3) is 0.250. The Balaban J connectivity index is 1.36. The molecule has 4 heterocycles. The van der Waals surface area contributed by atoms with Crippen molar-refractivity contribution in [2.45, 2.75) is 25.2 Å². The Morgan fingerprint density at radius 3 is 2.44 bits per heavy atom. The third kappa shape index (κ3) is 3.91. The van der Waals surface area contributed by atoms with Gasteiger partial charge >= 0.3 is 10.2 Å². The first kappa shape index (κ1) is 22.7. The Morgan fingerprint density at radius 2 is 1.78 bits per heavy atom. The molecule has 1 saturated heterocycles. The number of pyridine rings is 1. The Labute approximate surface area is 204 Å². The van der Waals surface area contributed by atoms with Crippen molar-refractivity contribution in [3.05, 3.63) is 71.6 Å². The van der Waals surface area contributed by atoms with Crippen molar-refractivity contribution in [2.24, 2.45) is 0 Å². The van der Waals surface area contributed by atoms with E-state index in [-0.39, 0.29) is 5.56 Å². The van der Waals surface area contributed by atoms with Gasteiger partial charge in [-0.05, 0) is 37.5 Å². The third-order valence-electron chi connectivity index (χ3n) is 6.44. The van der Waals surface area contributed by atoms with Gasteiger partial charge in [0.25, 0.3) is 0 Å². The summed E-state index contributed by atoms with van der Waals surface area (Å²) in [6, 6.07) is 3.49. The SMILES string of the molecule is O=C(c1c(F)ccc(NS(=O)(=O)N2CCC2)c1F)c1c[nH]c2ncc(-c3cnc(C4CC4)nc3)cc12. The van der Waals surface area contributed by atoms with E-state index in [1.54, 1.807) is 24.7 Å². The predicted octanol–water partition coefficient (Wildman–Crippen LogP) is 3.77. The third-order valence-corrected chi connectivity index (χ3v) is 7.96. The number of H-pyrrole nitrogens is 1. The van der Waals surface area contributed by atoms with Gasteiger partial charge in [0.05, 0.1) is 11.3 Å². The van der Waals surface area contributed by atoms with Crippen LogP contribution >= 0.6 is 0 Å². The quantitative estimate of drug-likeness (QED) is 0.365. The number of fused-ring (bicyclic) bond motifs is 1. The first-order valence-corrected chi connectivity index (χ1v) is 12.9. The maximum absolute atomic E-state index is 15.3. The van der Waals surface area contributed by atoms with Gasteiger partial charge in [-0.15, -0.1) is 0 Å². The Bertz CT molecular complexity index is 1610. The van der Waals surface area contributed by atoms with Crippen molar-refractivity contribution >= 4 is 32.7 Å². The molecule has 36 heavy (non-hydrogen) atoms. The van der Waals surface area contributed by atoms with Gasteiger partial charge in [0.2, 0.25) is 5.78 Å². The number of nitrogens with zero attached hydrogens (tertiary/aromatic N) is 4. The van der Waals surface area contributed by atoms with Gasteiger partial charge in [-0.3, -0.25) is 9.52 Å². The van der Waals surface area contributed by atoms with E-state index >= 15 is 4.39 Å². The molecule has 3 aromatic heterocycles. The largest absolute Gasteiger partial charge is 0.345 e. The fourth-order valence-corrected chi connectivity index (χ4v) is 5.40. The van der Waals surface area contributed by atoms with Crippen LogP contribution in [0.4, 0.5) is 14.5 Å². The number of aromatic amines is 1. The molecule has 2 N–H and O–H groups in total. The molecule has 0 spiro atoms. The molecule has 12 heteroatoms. The first-order chi connectivity index (χ1) is 17.3. The van der Waals surface area contributed by atoms with Crippen LogP contribution in [0, 0.1) is 11.6 Å². The molecule has 0 amide bonds. The lowest BCUT2D eigenvalue weighted by Crippen LogP contribution is -2.45. The fourth-order valence-electron chi connectivity index (χ4n) is 4.09. The summed E-state index contributed by atoms with van der Waals surface area (Å²) in [5, 5.41) is 0.356. The molecule has 2 aliphatic rings. The molecule has 1 aromatic carbocycles.